The van der Waals surface area contributed by atoms with E-state index in [0.29, 0.717) is 5.92 Å². The van der Waals surface area contributed by atoms with Gasteiger partial charge in [0.15, 0.2) is 0 Å². The van der Waals surface area contributed by atoms with Crippen LogP contribution in [0.4, 0.5) is 4.39 Å². The third-order valence-corrected chi connectivity index (χ3v) is 5.62. The Kier molecular flexibility index (Phi) is 5.81. The molecule has 0 saturated carbocycles. The van der Waals surface area contributed by atoms with Crippen molar-refractivity contribution in [2.45, 2.75) is 39.3 Å². The lowest BCUT2D eigenvalue weighted by molar-refractivity contribution is 0.165. The number of halogens is 1. The van der Waals surface area contributed by atoms with E-state index >= 15 is 0 Å². The number of likely N-dealkylation sites (tertiary alicyclic amines) is 1. The van der Waals surface area contributed by atoms with Crippen LogP contribution in [0.25, 0.3) is 0 Å². The van der Waals surface area contributed by atoms with Gasteiger partial charge in [0.05, 0.1) is 0 Å². The first kappa shape index (κ1) is 18.8. The molecule has 1 atom stereocenters. The van der Waals surface area contributed by atoms with Gasteiger partial charge in [0.1, 0.15) is 11.6 Å². The van der Waals surface area contributed by atoms with Gasteiger partial charge in [-0.05, 0) is 67.6 Å². The van der Waals surface area contributed by atoms with Crippen molar-refractivity contribution in [1.82, 2.24) is 19.4 Å². The summed E-state index contributed by atoms with van der Waals surface area (Å²) in [5.41, 5.74) is 3.58. The number of piperidine rings is 1. The summed E-state index contributed by atoms with van der Waals surface area (Å²) in [6.07, 6.45) is 9.15. The van der Waals surface area contributed by atoms with Gasteiger partial charge in [-0.3, -0.25) is 9.88 Å². The molecule has 1 aromatic carbocycles. The largest absolute Gasteiger partial charge is 0.328 e. The zero-order valence-corrected chi connectivity index (χ0v) is 16.4. The number of aromatic nitrogens is 3. The molecular weight excluding hydrogens is 351 g/mol. The number of benzene rings is 1. The van der Waals surface area contributed by atoms with Gasteiger partial charge in [-0.1, -0.05) is 12.1 Å². The summed E-state index contributed by atoms with van der Waals surface area (Å²) in [5.74, 6) is 1.56. The molecular formula is C23H27FN4. The first-order valence-electron chi connectivity index (χ1n) is 10.0. The average molecular weight is 378 g/mol. The lowest BCUT2D eigenvalue weighted by Crippen LogP contribution is -2.36. The fourth-order valence-corrected chi connectivity index (χ4v) is 4.13. The Labute approximate surface area is 166 Å². The SMILES string of the molecule is Cc1cnc(CC2CCCN(Cc3ccncc3)C2)n1Cc1ccc(F)cc1. The van der Waals surface area contributed by atoms with Gasteiger partial charge in [-0.15, -0.1) is 0 Å². The molecule has 3 heterocycles. The molecule has 1 saturated heterocycles. The third kappa shape index (κ3) is 4.65. The summed E-state index contributed by atoms with van der Waals surface area (Å²) in [4.78, 5) is 11.4. The highest BCUT2D eigenvalue weighted by molar-refractivity contribution is 5.18. The summed E-state index contributed by atoms with van der Waals surface area (Å²) in [6.45, 7) is 6.08. The van der Waals surface area contributed by atoms with Crippen LogP contribution in [0.15, 0.2) is 55.0 Å². The van der Waals surface area contributed by atoms with Crippen molar-refractivity contribution < 1.29 is 4.39 Å². The minimum atomic E-state index is -0.192. The highest BCUT2D eigenvalue weighted by atomic mass is 19.1. The Bertz CT molecular complexity index is 889. The molecule has 0 bridgehead atoms. The molecule has 28 heavy (non-hydrogen) atoms. The smallest absolute Gasteiger partial charge is 0.123 e. The molecule has 3 aromatic rings. The number of pyridine rings is 1. The van der Waals surface area contributed by atoms with Gasteiger partial charge in [0.2, 0.25) is 0 Å². The first-order chi connectivity index (χ1) is 13.7. The maximum atomic E-state index is 13.2. The number of aryl methyl sites for hydroxylation is 1. The van der Waals surface area contributed by atoms with E-state index in [1.165, 1.54) is 30.5 Å². The van der Waals surface area contributed by atoms with Crippen molar-refractivity contribution >= 4 is 0 Å². The van der Waals surface area contributed by atoms with Crippen molar-refractivity contribution in [2.75, 3.05) is 13.1 Å². The molecule has 0 aliphatic carbocycles. The molecule has 4 nitrogen and oxygen atoms in total. The fourth-order valence-electron chi connectivity index (χ4n) is 4.13. The zero-order chi connectivity index (χ0) is 19.3. The van der Waals surface area contributed by atoms with E-state index in [-0.39, 0.29) is 5.82 Å². The van der Waals surface area contributed by atoms with Crippen LogP contribution in [0.3, 0.4) is 0 Å². The summed E-state index contributed by atoms with van der Waals surface area (Å²) in [7, 11) is 0. The first-order valence-corrected chi connectivity index (χ1v) is 10.0. The van der Waals surface area contributed by atoms with Crippen molar-refractivity contribution in [2.24, 2.45) is 5.92 Å². The Morgan fingerprint density at radius 3 is 2.57 bits per heavy atom. The number of rotatable bonds is 6. The van der Waals surface area contributed by atoms with Gasteiger partial charge in [-0.25, -0.2) is 9.37 Å². The molecule has 0 N–H and O–H groups in total. The van der Waals surface area contributed by atoms with Crippen molar-refractivity contribution in [3.05, 3.63) is 83.5 Å². The highest BCUT2D eigenvalue weighted by Gasteiger charge is 2.22. The van der Waals surface area contributed by atoms with E-state index in [2.05, 4.69) is 33.5 Å². The van der Waals surface area contributed by atoms with Gasteiger partial charge in [0, 0.05) is 50.3 Å². The molecule has 1 aliphatic rings. The van der Waals surface area contributed by atoms with Crippen LogP contribution in [-0.4, -0.2) is 32.5 Å². The van der Waals surface area contributed by atoms with E-state index in [1.54, 1.807) is 0 Å². The summed E-state index contributed by atoms with van der Waals surface area (Å²) in [5, 5.41) is 0. The van der Waals surface area contributed by atoms with Crippen LogP contribution in [0.2, 0.25) is 0 Å². The third-order valence-electron chi connectivity index (χ3n) is 5.62. The molecule has 1 aliphatic heterocycles. The van der Waals surface area contributed by atoms with Crippen molar-refractivity contribution in [3.63, 3.8) is 0 Å². The molecule has 146 valence electrons. The Hall–Kier alpha value is -2.53. The normalized spacial score (nSPS) is 17.7. The second kappa shape index (κ2) is 8.65. The Balaban J connectivity index is 1.41. The maximum Gasteiger partial charge on any atom is 0.123 e. The molecule has 1 unspecified atom stereocenters. The lowest BCUT2D eigenvalue weighted by Gasteiger charge is -2.32. The van der Waals surface area contributed by atoms with Gasteiger partial charge in [0.25, 0.3) is 0 Å². The number of imidazole rings is 1. The van der Waals surface area contributed by atoms with Gasteiger partial charge >= 0.3 is 0 Å². The van der Waals surface area contributed by atoms with E-state index in [0.717, 1.165) is 49.7 Å². The standard InChI is InChI=1S/C23H27FN4/c1-18-14-26-23(28(18)17-19-4-6-22(24)7-5-19)13-21-3-2-12-27(16-21)15-20-8-10-25-11-9-20/h4-11,14,21H,2-3,12-13,15-17H2,1H3. The Morgan fingerprint density at radius 1 is 1.04 bits per heavy atom. The van der Waals surface area contributed by atoms with Gasteiger partial charge in [-0.2, -0.15) is 0 Å². The average Bonchev–Trinajstić information content (AvgIpc) is 3.04. The van der Waals surface area contributed by atoms with Crippen LogP contribution < -0.4 is 0 Å². The van der Waals surface area contributed by atoms with E-state index in [4.69, 9.17) is 4.98 Å². The van der Waals surface area contributed by atoms with Crippen LogP contribution in [-0.2, 0) is 19.5 Å². The number of hydrogen-bond donors (Lipinski definition) is 0. The second-order valence-electron chi connectivity index (χ2n) is 7.83. The molecule has 0 amide bonds. The fraction of sp³-hybridized carbons (Fsp3) is 0.391. The molecule has 5 heteroatoms. The predicted octanol–water partition coefficient (Wildman–Crippen LogP) is 4.23. The molecule has 4 rings (SSSR count). The molecule has 0 spiro atoms. The van der Waals surface area contributed by atoms with Crippen LogP contribution in [0, 0.1) is 18.7 Å². The monoisotopic (exact) mass is 378 g/mol. The zero-order valence-electron chi connectivity index (χ0n) is 16.4. The van der Waals surface area contributed by atoms with E-state index < -0.39 is 0 Å². The van der Waals surface area contributed by atoms with Gasteiger partial charge < -0.3 is 4.57 Å². The topological polar surface area (TPSA) is 34.0 Å². The summed E-state index contributed by atoms with van der Waals surface area (Å²) < 4.78 is 15.5. The number of nitrogens with zero attached hydrogens (tertiary/aromatic N) is 4. The lowest BCUT2D eigenvalue weighted by atomic mass is 9.94. The van der Waals surface area contributed by atoms with E-state index in [1.807, 2.05) is 30.7 Å². The van der Waals surface area contributed by atoms with E-state index in [9.17, 15) is 4.39 Å². The van der Waals surface area contributed by atoms with Crippen LogP contribution in [0.5, 0.6) is 0 Å². The minimum Gasteiger partial charge on any atom is -0.328 e. The maximum absolute atomic E-state index is 13.2. The predicted molar refractivity (Wildman–Crippen MR) is 108 cm³/mol. The van der Waals surface area contributed by atoms with Crippen LogP contribution >= 0.6 is 0 Å². The highest BCUT2D eigenvalue weighted by Crippen LogP contribution is 2.23. The minimum absolute atomic E-state index is 0.192. The molecule has 0 radical (unpaired) electrons. The molecule has 1 fully saturated rings. The Morgan fingerprint density at radius 2 is 1.79 bits per heavy atom. The quantitative estimate of drug-likeness (QED) is 0.644. The second-order valence-corrected chi connectivity index (χ2v) is 7.83. The molecule has 2 aromatic heterocycles. The number of hydrogen-bond acceptors (Lipinski definition) is 3. The van der Waals surface area contributed by atoms with Crippen LogP contribution in [0.1, 0.15) is 35.5 Å². The van der Waals surface area contributed by atoms with Crippen molar-refractivity contribution in [1.29, 1.82) is 0 Å². The summed E-state index contributed by atoms with van der Waals surface area (Å²) >= 11 is 0. The van der Waals surface area contributed by atoms with Crippen molar-refractivity contribution in [3.8, 4) is 0 Å². The summed E-state index contributed by atoms with van der Waals surface area (Å²) in [6, 6.07) is 11.0.